The van der Waals surface area contributed by atoms with E-state index in [1.807, 2.05) is 0 Å². The van der Waals surface area contributed by atoms with Crippen molar-refractivity contribution in [1.29, 1.82) is 5.53 Å². The number of Topliss-reactive ketones (excluding diaryl/α,β-unsaturated/α-hetero) is 1. The SMILES string of the molecule is CC(=O)C(C)=[N+]=N. The Morgan fingerprint density at radius 2 is 2.00 bits per heavy atom. The van der Waals surface area contributed by atoms with Crippen LogP contribution in [0.25, 0.3) is 0 Å². The third-order valence-corrected chi connectivity index (χ3v) is 0.677. The molecule has 3 nitrogen and oxygen atoms in total. The highest BCUT2D eigenvalue weighted by Crippen LogP contribution is 1.67. The molecule has 38 valence electrons. The first-order chi connectivity index (χ1) is 3.18. The molecule has 0 aromatic heterocycles. The maximum atomic E-state index is 10.1. The molecule has 0 radical (unpaired) electrons. The average molecular weight is 99.1 g/mol. The van der Waals surface area contributed by atoms with Crippen LogP contribution in [0.4, 0.5) is 0 Å². The fourth-order valence-electron chi connectivity index (χ4n) is 0.0787. The predicted octanol–water partition coefficient (Wildman–Crippen LogP) is 0.275. The van der Waals surface area contributed by atoms with Crippen LogP contribution in [0.1, 0.15) is 13.8 Å². The Labute approximate surface area is 41.6 Å². The summed E-state index contributed by atoms with van der Waals surface area (Å²) in [5, 5.41) is 0. The number of hydrogen-bond acceptors (Lipinski definition) is 2. The molecule has 0 amide bonds. The minimum absolute atomic E-state index is 0.144. The van der Waals surface area contributed by atoms with Crippen molar-refractivity contribution in [2.24, 2.45) is 0 Å². The molecule has 0 saturated heterocycles. The van der Waals surface area contributed by atoms with Gasteiger partial charge >= 0.3 is 5.71 Å². The second-order valence-electron chi connectivity index (χ2n) is 1.25. The molecule has 0 aliphatic carbocycles. The zero-order valence-corrected chi connectivity index (χ0v) is 4.36. The second-order valence-corrected chi connectivity index (χ2v) is 1.25. The predicted molar refractivity (Wildman–Crippen MR) is 24.3 cm³/mol. The van der Waals surface area contributed by atoms with Gasteiger partial charge < -0.3 is 0 Å². The van der Waals surface area contributed by atoms with Gasteiger partial charge in [-0.3, -0.25) is 4.79 Å². The standard InChI is InChI=1S/C4H7N2O/c1-3(6-5)4(2)7/h5H,1-2H3/q+1. The highest BCUT2D eigenvalue weighted by atomic mass is 16.1. The molecule has 0 aliphatic heterocycles. The van der Waals surface area contributed by atoms with Crippen molar-refractivity contribution in [3.05, 3.63) is 0 Å². The van der Waals surface area contributed by atoms with E-state index >= 15 is 0 Å². The Kier molecular flexibility index (Phi) is 1.96. The lowest BCUT2D eigenvalue weighted by Gasteiger charge is -1.65. The molecular formula is C4H7N2O+. The fraction of sp³-hybridized carbons (Fsp3) is 0.500. The summed E-state index contributed by atoms with van der Waals surface area (Å²) in [7, 11) is 0. The monoisotopic (exact) mass is 99.1 g/mol. The summed E-state index contributed by atoms with van der Waals surface area (Å²) in [6.07, 6.45) is 0. The van der Waals surface area contributed by atoms with Crippen LogP contribution in [-0.4, -0.2) is 16.3 Å². The van der Waals surface area contributed by atoms with Gasteiger partial charge in [0.15, 0.2) is 0 Å². The van der Waals surface area contributed by atoms with Crippen molar-refractivity contribution in [3.63, 3.8) is 0 Å². The highest BCUT2D eigenvalue weighted by molar-refractivity contribution is 6.35. The third-order valence-electron chi connectivity index (χ3n) is 0.677. The van der Waals surface area contributed by atoms with Gasteiger partial charge in [-0.25, -0.2) is 0 Å². The molecule has 0 heterocycles. The number of rotatable bonds is 1. The number of nitrogens with one attached hydrogen (secondary N) is 1. The molecule has 0 unspecified atom stereocenters. The zero-order chi connectivity index (χ0) is 5.86. The highest BCUT2D eigenvalue weighted by Gasteiger charge is 2.06. The van der Waals surface area contributed by atoms with E-state index in [1.54, 1.807) is 0 Å². The van der Waals surface area contributed by atoms with Crippen molar-refractivity contribution in [3.8, 4) is 0 Å². The number of carbonyl (C=O) groups excluding carboxylic acids is 1. The topological polar surface area (TPSA) is 55.0 Å². The van der Waals surface area contributed by atoms with Gasteiger partial charge in [0.05, 0.1) is 10.3 Å². The lowest BCUT2D eigenvalue weighted by atomic mass is 10.3. The maximum absolute atomic E-state index is 10.1. The van der Waals surface area contributed by atoms with E-state index in [1.165, 1.54) is 13.8 Å². The smallest absolute Gasteiger partial charge is 0.287 e. The number of ketones is 1. The summed E-state index contributed by atoms with van der Waals surface area (Å²) in [4.78, 5) is 13.0. The molecular weight excluding hydrogens is 92.1 g/mol. The molecule has 3 heteroatoms. The fourth-order valence-corrected chi connectivity index (χ4v) is 0.0787. The Hall–Kier alpha value is -0.950. The lowest BCUT2D eigenvalue weighted by molar-refractivity contribution is -0.135. The maximum Gasteiger partial charge on any atom is 0.380 e. The van der Waals surface area contributed by atoms with Crippen LogP contribution in [0.3, 0.4) is 0 Å². The minimum Gasteiger partial charge on any atom is -0.287 e. The quantitative estimate of drug-likeness (QED) is 0.286. The van der Waals surface area contributed by atoms with Gasteiger partial charge in [-0.05, 0) is 0 Å². The van der Waals surface area contributed by atoms with E-state index in [0.29, 0.717) is 0 Å². The Balaban J connectivity index is 4.10. The van der Waals surface area contributed by atoms with E-state index in [-0.39, 0.29) is 11.5 Å². The Morgan fingerprint density at radius 1 is 1.57 bits per heavy atom. The van der Waals surface area contributed by atoms with Gasteiger partial charge in [0, 0.05) is 13.8 Å². The zero-order valence-electron chi connectivity index (χ0n) is 4.36. The molecule has 0 spiro atoms. The van der Waals surface area contributed by atoms with Crippen molar-refractivity contribution >= 4 is 11.5 Å². The van der Waals surface area contributed by atoms with Gasteiger partial charge in [0.25, 0.3) is 0 Å². The Morgan fingerprint density at radius 3 is 2.00 bits per heavy atom. The third kappa shape index (κ3) is 1.84. The van der Waals surface area contributed by atoms with Crippen LogP contribution in [0.2, 0.25) is 0 Å². The van der Waals surface area contributed by atoms with E-state index < -0.39 is 0 Å². The molecule has 0 atom stereocenters. The van der Waals surface area contributed by atoms with Gasteiger partial charge in [-0.2, -0.15) is 0 Å². The van der Waals surface area contributed by atoms with Crippen LogP contribution in [-0.2, 0) is 4.79 Å². The van der Waals surface area contributed by atoms with Gasteiger partial charge in [-0.15, -0.1) is 0 Å². The van der Waals surface area contributed by atoms with Gasteiger partial charge in [-0.1, -0.05) is 0 Å². The molecule has 0 aromatic carbocycles. The van der Waals surface area contributed by atoms with Crippen molar-refractivity contribution in [2.45, 2.75) is 13.8 Å². The summed E-state index contributed by atoms with van der Waals surface area (Å²) < 4.78 is 0. The Bertz CT molecular complexity index is 133. The molecule has 0 aliphatic rings. The summed E-state index contributed by atoms with van der Waals surface area (Å²) in [5.74, 6) is -0.144. The molecule has 0 fully saturated rings. The van der Waals surface area contributed by atoms with E-state index in [2.05, 4.69) is 4.79 Å². The molecule has 1 N–H and O–H groups in total. The molecule has 0 bridgehead atoms. The minimum atomic E-state index is -0.144. The first kappa shape index (κ1) is 6.05. The first-order valence-electron chi connectivity index (χ1n) is 1.90. The molecule has 0 aromatic rings. The molecule has 0 rings (SSSR count). The molecule has 0 saturated carbocycles. The second kappa shape index (κ2) is 2.26. The van der Waals surface area contributed by atoms with Crippen LogP contribution in [0.15, 0.2) is 0 Å². The number of hydrogen-bond donors (Lipinski definition) is 1. The summed E-state index contributed by atoms with van der Waals surface area (Å²) in [5.41, 5.74) is 6.56. The number of nitrogens with zero attached hydrogens (tertiary/aromatic N) is 1. The summed E-state index contributed by atoms with van der Waals surface area (Å²) in [6.45, 7) is 2.89. The average Bonchev–Trinajstić information content (AvgIpc) is 1.65. The normalized spacial score (nSPS) is 7.14. The van der Waals surface area contributed by atoms with Gasteiger partial charge in [0.1, 0.15) is 0 Å². The van der Waals surface area contributed by atoms with Crippen LogP contribution < -0.4 is 0 Å². The van der Waals surface area contributed by atoms with Crippen molar-refractivity contribution in [2.75, 3.05) is 0 Å². The molecule has 7 heavy (non-hydrogen) atoms. The first-order valence-corrected chi connectivity index (χ1v) is 1.90. The van der Waals surface area contributed by atoms with Gasteiger partial charge in [0.2, 0.25) is 5.78 Å². The van der Waals surface area contributed by atoms with Crippen LogP contribution in [0.5, 0.6) is 0 Å². The summed E-state index contributed by atoms with van der Waals surface area (Å²) >= 11 is 0. The van der Waals surface area contributed by atoms with E-state index in [0.717, 1.165) is 0 Å². The largest absolute Gasteiger partial charge is 0.380 e. The van der Waals surface area contributed by atoms with Crippen LogP contribution >= 0.6 is 0 Å². The lowest BCUT2D eigenvalue weighted by Crippen LogP contribution is -2.04. The van der Waals surface area contributed by atoms with E-state index in [9.17, 15) is 4.79 Å². The number of carbonyl (C=O) groups is 1. The van der Waals surface area contributed by atoms with E-state index in [4.69, 9.17) is 5.53 Å². The summed E-state index contributed by atoms with van der Waals surface area (Å²) in [6, 6.07) is 0. The van der Waals surface area contributed by atoms with Crippen LogP contribution in [0, 0.1) is 5.53 Å². The van der Waals surface area contributed by atoms with Crippen molar-refractivity contribution in [1.82, 2.24) is 0 Å². The van der Waals surface area contributed by atoms with Crippen molar-refractivity contribution < 1.29 is 9.58 Å².